The van der Waals surface area contributed by atoms with Crippen molar-refractivity contribution in [2.24, 2.45) is 0 Å². The van der Waals surface area contributed by atoms with Crippen molar-refractivity contribution in [3.05, 3.63) is 66.7 Å². The molecule has 0 aromatic heterocycles. The Hall–Kier alpha value is -3.14. The van der Waals surface area contributed by atoms with Crippen LogP contribution in [0, 0.1) is 0 Å². The minimum Gasteiger partial charge on any atom is -0.463 e. The second-order valence-electron chi connectivity index (χ2n) is 6.05. The maximum absolute atomic E-state index is 11.0. The molecule has 0 spiro atoms. The lowest BCUT2D eigenvalue weighted by atomic mass is 9.98. The third-order valence-corrected chi connectivity index (χ3v) is 4.33. The molecule has 0 amide bonds. The van der Waals surface area contributed by atoms with Gasteiger partial charge in [0.15, 0.2) is 0 Å². The second kappa shape index (κ2) is 8.30. The normalized spacial score (nSPS) is 10.6. The van der Waals surface area contributed by atoms with Crippen LogP contribution >= 0.6 is 0 Å². The zero-order valence-electron chi connectivity index (χ0n) is 14.4. The molecular weight excluding hydrogens is 328 g/mol. The number of fused-ring (bicyclic) bond motifs is 3. The van der Waals surface area contributed by atoms with E-state index in [0.717, 1.165) is 30.0 Å². The lowest BCUT2D eigenvalue weighted by Gasteiger charge is -2.08. The lowest BCUT2D eigenvalue weighted by Crippen LogP contribution is -2.02. The van der Waals surface area contributed by atoms with Crippen molar-refractivity contribution in [3.63, 3.8) is 0 Å². The standard InChI is InChI=1S/C22H20O4/c1-2-22(24)25-12-4-3-5-16-6-10-20-17(13-16)7-8-18-14-19(26-15-23)9-11-21(18)20/h2,6-11,13-15H,1,3-5,12H2. The van der Waals surface area contributed by atoms with Gasteiger partial charge in [-0.3, -0.25) is 4.79 Å². The van der Waals surface area contributed by atoms with Gasteiger partial charge in [0.2, 0.25) is 0 Å². The SMILES string of the molecule is C=CC(=O)OCCCCc1ccc2c(ccc3cc(OC=O)ccc32)c1. The summed E-state index contributed by atoms with van der Waals surface area (Å²) < 4.78 is 9.90. The average Bonchev–Trinajstić information content (AvgIpc) is 2.67. The highest BCUT2D eigenvalue weighted by atomic mass is 16.5. The molecule has 4 heteroatoms. The van der Waals surface area contributed by atoms with Crippen LogP contribution in [0.25, 0.3) is 21.5 Å². The van der Waals surface area contributed by atoms with Gasteiger partial charge < -0.3 is 9.47 Å². The van der Waals surface area contributed by atoms with E-state index in [1.54, 1.807) is 6.07 Å². The molecule has 0 heterocycles. The molecule has 4 nitrogen and oxygen atoms in total. The highest BCUT2D eigenvalue weighted by molar-refractivity contribution is 6.08. The van der Waals surface area contributed by atoms with Gasteiger partial charge in [0.25, 0.3) is 6.47 Å². The predicted molar refractivity (Wildman–Crippen MR) is 102 cm³/mol. The number of ether oxygens (including phenoxy) is 2. The van der Waals surface area contributed by atoms with Crippen LogP contribution in [-0.2, 0) is 20.7 Å². The van der Waals surface area contributed by atoms with Gasteiger partial charge >= 0.3 is 5.97 Å². The van der Waals surface area contributed by atoms with Gasteiger partial charge in [-0.15, -0.1) is 0 Å². The van der Waals surface area contributed by atoms with Crippen LogP contribution in [-0.4, -0.2) is 19.0 Å². The Morgan fingerprint density at radius 3 is 2.42 bits per heavy atom. The Morgan fingerprint density at radius 1 is 0.962 bits per heavy atom. The van der Waals surface area contributed by atoms with E-state index in [1.807, 2.05) is 18.2 Å². The number of aryl methyl sites for hydroxylation is 1. The van der Waals surface area contributed by atoms with Crippen molar-refractivity contribution in [1.82, 2.24) is 0 Å². The number of rotatable bonds is 8. The van der Waals surface area contributed by atoms with Gasteiger partial charge in [0, 0.05) is 6.08 Å². The molecule has 0 aliphatic heterocycles. The van der Waals surface area contributed by atoms with Gasteiger partial charge in [-0.25, -0.2) is 4.79 Å². The smallest absolute Gasteiger partial charge is 0.330 e. The van der Waals surface area contributed by atoms with Gasteiger partial charge in [-0.2, -0.15) is 0 Å². The average molecular weight is 348 g/mol. The minimum atomic E-state index is -0.371. The molecule has 3 rings (SSSR count). The van der Waals surface area contributed by atoms with Crippen LogP contribution in [0.4, 0.5) is 0 Å². The maximum atomic E-state index is 11.0. The first-order valence-corrected chi connectivity index (χ1v) is 8.56. The molecule has 0 saturated carbocycles. The van der Waals surface area contributed by atoms with Gasteiger partial charge in [-0.05, 0) is 58.5 Å². The molecule has 0 N–H and O–H groups in total. The van der Waals surface area contributed by atoms with Crippen LogP contribution in [0.1, 0.15) is 18.4 Å². The number of unbranched alkanes of at least 4 members (excludes halogenated alkanes) is 1. The highest BCUT2D eigenvalue weighted by Gasteiger charge is 2.04. The van der Waals surface area contributed by atoms with E-state index >= 15 is 0 Å². The van der Waals surface area contributed by atoms with Crippen molar-refractivity contribution in [2.45, 2.75) is 19.3 Å². The fourth-order valence-electron chi connectivity index (χ4n) is 3.05. The Kier molecular flexibility index (Phi) is 5.64. The molecule has 0 aliphatic rings. The molecule has 3 aromatic rings. The fraction of sp³-hybridized carbons (Fsp3) is 0.182. The molecule has 26 heavy (non-hydrogen) atoms. The van der Waals surface area contributed by atoms with Crippen LogP contribution < -0.4 is 4.74 Å². The van der Waals surface area contributed by atoms with E-state index in [-0.39, 0.29) is 5.97 Å². The van der Waals surface area contributed by atoms with E-state index in [2.05, 4.69) is 30.8 Å². The Balaban J connectivity index is 1.71. The van der Waals surface area contributed by atoms with E-state index in [9.17, 15) is 9.59 Å². The van der Waals surface area contributed by atoms with Gasteiger partial charge in [-0.1, -0.05) is 43.0 Å². The Bertz CT molecular complexity index is 959. The van der Waals surface area contributed by atoms with Crippen LogP contribution in [0.2, 0.25) is 0 Å². The number of esters is 1. The Labute approximate surface area is 152 Å². The van der Waals surface area contributed by atoms with Gasteiger partial charge in [0.05, 0.1) is 6.61 Å². The third-order valence-electron chi connectivity index (χ3n) is 4.33. The minimum absolute atomic E-state index is 0.371. The van der Waals surface area contributed by atoms with Crippen LogP contribution in [0.5, 0.6) is 5.75 Å². The van der Waals surface area contributed by atoms with Crippen molar-refractivity contribution in [3.8, 4) is 5.75 Å². The van der Waals surface area contributed by atoms with Crippen molar-refractivity contribution < 1.29 is 19.1 Å². The molecule has 132 valence electrons. The summed E-state index contributed by atoms with van der Waals surface area (Å²) >= 11 is 0. The number of hydrogen-bond acceptors (Lipinski definition) is 4. The molecule has 0 bridgehead atoms. The first-order valence-electron chi connectivity index (χ1n) is 8.56. The molecule has 0 saturated heterocycles. The molecule has 0 unspecified atom stereocenters. The summed E-state index contributed by atoms with van der Waals surface area (Å²) in [5, 5.41) is 4.51. The Morgan fingerprint density at radius 2 is 1.69 bits per heavy atom. The maximum Gasteiger partial charge on any atom is 0.330 e. The summed E-state index contributed by atoms with van der Waals surface area (Å²) in [7, 11) is 0. The van der Waals surface area contributed by atoms with E-state index in [0.29, 0.717) is 18.8 Å². The van der Waals surface area contributed by atoms with Crippen LogP contribution in [0.15, 0.2) is 61.2 Å². The lowest BCUT2D eigenvalue weighted by molar-refractivity contribution is -0.137. The molecule has 0 aliphatic carbocycles. The zero-order valence-corrected chi connectivity index (χ0v) is 14.4. The van der Waals surface area contributed by atoms with Gasteiger partial charge in [0.1, 0.15) is 5.75 Å². The summed E-state index contributed by atoms with van der Waals surface area (Å²) in [5.41, 5.74) is 1.26. The summed E-state index contributed by atoms with van der Waals surface area (Å²) in [6.45, 7) is 4.24. The van der Waals surface area contributed by atoms with Crippen LogP contribution in [0.3, 0.4) is 0 Å². The van der Waals surface area contributed by atoms with E-state index in [4.69, 9.17) is 9.47 Å². The van der Waals surface area contributed by atoms with Crippen molar-refractivity contribution >= 4 is 34.0 Å². The molecule has 0 radical (unpaired) electrons. The number of carbonyl (C=O) groups excluding carboxylic acids is 2. The summed E-state index contributed by atoms with van der Waals surface area (Å²) in [6.07, 6.45) is 3.90. The van der Waals surface area contributed by atoms with E-state index < -0.39 is 0 Å². The third kappa shape index (κ3) is 4.09. The molecule has 3 aromatic carbocycles. The monoisotopic (exact) mass is 348 g/mol. The number of hydrogen-bond donors (Lipinski definition) is 0. The van der Waals surface area contributed by atoms with Crippen molar-refractivity contribution in [1.29, 1.82) is 0 Å². The van der Waals surface area contributed by atoms with E-state index in [1.165, 1.54) is 22.4 Å². The number of carbonyl (C=O) groups is 2. The fourth-order valence-corrected chi connectivity index (χ4v) is 3.05. The molecule has 0 atom stereocenters. The summed E-state index contributed by atoms with van der Waals surface area (Å²) in [6, 6.07) is 16.2. The topological polar surface area (TPSA) is 52.6 Å². The first kappa shape index (κ1) is 17.7. The predicted octanol–water partition coefficient (Wildman–Crippen LogP) is 4.58. The highest BCUT2D eigenvalue weighted by Crippen LogP contribution is 2.29. The summed E-state index contributed by atoms with van der Waals surface area (Å²) in [4.78, 5) is 21.5. The second-order valence-corrected chi connectivity index (χ2v) is 6.05. The zero-order chi connectivity index (χ0) is 18.4. The summed E-state index contributed by atoms with van der Waals surface area (Å²) in [5.74, 6) is 0.171. The molecule has 0 fully saturated rings. The molecular formula is C22H20O4. The first-order chi connectivity index (χ1) is 12.7. The quantitative estimate of drug-likeness (QED) is 0.197. The number of benzene rings is 3. The van der Waals surface area contributed by atoms with Crippen molar-refractivity contribution in [2.75, 3.05) is 6.61 Å². The largest absolute Gasteiger partial charge is 0.463 e.